The third-order valence-electron chi connectivity index (χ3n) is 1.64. The van der Waals surface area contributed by atoms with Gasteiger partial charge in [-0.25, -0.2) is 0 Å². The molecule has 0 bridgehead atoms. The Labute approximate surface area is 138 Å². The summed E-state index contributed by atoms with van der Waals surface area (Å²) in [4.78, 5) is 18.9. The topological polar surface area (TPSA) is 74.6 Å². The van der Waals surface area contributed by atoms with E-state index in [0.717, 1.165) is 6.42 Å². The van der Waals surface area contributed by atoms with Gasteiger partial charge in [-0.1, -0.05) is 76.2 Å². The van der Waals surface area contributed by atoms with Crippen LogP contribution >= 0.6 is 0 Å². The molecular weight excluding hydrogens is 280 g/mol. The van der Waals surface area contributed by atoms with Gasteiger partial charge in [0.15, 0.2) is 0 Å². The van der Waals surface area contributed by atoms with Crippen LogP contribution in [0.3, 0.4) is 0 Å². The van der Waals surface area contributed by atoms with E-state index < -0.39 is 5.97 Å². The van der Waals surface area contributed by atoms with Gasteiger partial charge in [-0.3, -0.25) is 9.59 Å². The van der Waals surface area contributed by atoms with Crippen LogP contribution in [0.25, 0.3) is 0 Å². The van der Waals surface area contributed by atoms with Crippen molar-refractivity contribution in [1.82, 2.24) is 0 Å². The summed E-state index contributed by atoms with van der Waals surface area (Å²) in [5.74, 6) is -0.704. The Balaban J connectivity index is -0.000000134. The zero-order chi connectivity index (χ0) is 19.2. The molecule has 0 aliphatic heterocycles. The molecule has 0 unspecified atom stereocenters. The van der Waals surface area contributed by atoms with E-state index in [1.807, 2.05) is 27.7 Å². The quantitative estimate of drug-likeness (QED) is 0.654. The Kier molecular flexibility index (Phi) is 17.9. The van der Waals surface area contributed by atoms with Gasteiger partial charge in [0, 0.05) is 0 Å². The molecule has 0 spiro atoms. The lowest BCUT2D eigenvalue weighted by Gasteiger charge is -2.30. The van der Waals surface area contributed by atoms with Crippen molar-refractivity contribution in [2.75, 3.05) is 0 Å². The molecule has 0 saturated carbocycles. The highest BCUT2D eigenvalue weighted by Gasteiger charge is 2.27. The predicted octanol–water partition coefficient (Wildman–Crippen LogP) is 5.70. The number of hydrogen-bond donors (Lipinski definition) is 2. The molecule has 0 atom stereocenters. The zero-order valence-corrected chi connectivity index (χ0v) is 16.7. The van der Waals surface area contributed by atoms with Crippen LogP contribution in [-0.4, -0.2) is 22.7 Å². The van der Waals surface area contributed by atoms with E-state index in [1.54, 1.807) is 0 Å². The number of hydrogen-bond acceptors (Lipinski definition) is 2. The number of aliphatic carboxylic acids is 1. The van der Waals surface area contributed by atoms with Gasteiger partial charge in [0.25, 0.3) is 6.47 Å². The molecule has 0 saturated heterocycles. The summed E-state index contributed by atoms with van der Waals surface area (Å²) in [6.07, 6.45) is 1.19. The largest absolute Gasteiger partial charge is 0.483 e. The van der Waals surface area contributed by atoms with E-state index in [1.165, 1.54) is 0 Å². The fraction of sp³-hybridized carbons (Fsp3) is 0.889. The van der Waals surface area contributed by atoms with Gasteiger partial charge in [-0.05, 0) is 22.7 Å². The maximum atomic E-state index is 10.5. The first-order chi connectivity index (χ1) is 9.54. The first kappa shape index (κ1) is 29.0. The Morgan fingerprint density at radius 2 is 1.14 bits per heavy atom. The molecule has 4 nitrogen and oxygen atoms in total. The van der Waals surface area contributed by atoms with Crippen LogP contribution in [0.4, 0.5) is 0 Å². The smallest absolute Gasteiger partial charge is 0.303 e. The molecule has 4 heteroatoms. The molecule has 136 valence electrons. The van der Waals surface area contributed by atoms with E-state index >= 15 is 0 Å². The van der Waals surface area contributed by atoms with Crippen LogP contribution in [0.1, 0.15) is 89.0 Å². The summed E-state index contributed by atoms with van der Waals surface area (Å²) in [6, 6.07) is 0. The van der Waals surface area contributed by atoms with Gasteiger partial charge in [-0.15, -0.1) is 0 Å². The van der Waals surface area contributed by atoms with Crippen molar-refractivity contribution < 1.29 is 19.8 Å². The normalized spacial score (nSPS) is 10.7. The number of rotatable bonds is 3. The molecule has 0 aliphatic carbocycles. The predicted molar refractivity (Wildman–Crippen MR) is 95.3 cm³/mol. The fourth-order valence-corrected chi connectivity index (χ4v) is 1.91. The minimum atomic E-state index is -0.704. The van der Waals surface area contributed by atoms with Crippen molar-refractivity contribution in [2.24, 2.45) is 16.2 Å². The summed E-state index contributed by atoms with van der Waals surface area (Å²) < 4.78 is 0. The van der Waals surface area contributed by atoms with Crippen molar-refractivity contribution in [2.45, 2.75) is 89.0 Å². The maximum absolute atomic E-state index is 10.5. The van der Waals surface area contributed by atoms with Gasteiger partial charge in [0.2, 0.25) is 0 Å². The molecule has 0 aromatic rings. The van der Waals surface area contributed by atoms with Crippen molar-refractivity contribution in [3.63, 3.8) is 0 Å². The van der Waals surface area contributed by atoms with E-state index in [2.05, 4.69) is 48.5 Å². The van der Waals surface area contributed by atoms with Crippen molar-refractivity contribution >= 4 is 12.4 Å². The Bertz CT molecular complexity index is 262. The second kappa shape index (κ2) is 13.6. The molecule has 2 N–H and O–H groups in total. The first-order valence-corrected chi connectivity index (χ1v) is 7.84. The standard InChI is InChI=1S/C10H20O2.C5H12.C2H6.CH2O2/c1-9(2,3)7-10(4,5)6-8(11)12;1-5(2,3)4;1-2;2-1-3/h6-7H2,1-5H3,(H,11,12);1-4H3;1-2H3;1H,(H,2,3). The van der Waals surface area contributed by atoms with E-state index in [0.29, 0.717) is 5.41 Å². The molecule has 0 aromatic carbocycles. The van der Waals surface area contributed by atoms with Crippen molar-refractivity contribution in [3.8, 4) is 0 Å². The first-order valence-electron chi connectivity index (χ1n) is 7.84. The summed E-state index contributed by atoms with van der Waals surface area (Å²) >= 11 is 0. The van der Waals surface area contributed by atoms with Gasteiger partial charge >= 0.3 is 5.97 Å². The lowest BCUT2D eigenvalue weighted by atomic mass is 9.74. The number of carboxylic acids is 1. The molecule has 0 rings (SSSR count). The average molecular weight is 321 g/mol. The lowest BCUT2D eigenvalue weighted by molar-refractivity contribution is -0.139. The van der Waals surface area contributed by atoms with E-state index in [-0.39, 0.29) is 23.7 Å². The molecule has 0 aliphatic rings. The van der Waals surface area contributed by atoms with Gasteiger partial charge in [0.1, 0.15) is 0 Å². The third kappa shape index (κ3) is 61.7. The van der Waals surface area contributed by atoms with Crippen LogP contribution in [-0.2, 0) is 9.59 Å². The van der Waals surface area contributed by atoms with Crippen molar-refractivity contribution in [1.29, 1.82) is 0 Å². The second-order valence-corrected chi connectivity index (χ2v) is 8.58. The van der Waals surface area contributed by atoms with Crippen LogP contribution in [0.15, 0.2) is 0 Å². The monoisotopic (exact) mass is 320 g/mol. The van der Waals surface area contributed by atoms with Gasteiger partial charge < -0.3 is 10.2 Å². The summed E-state index contributed by atoms with van der Waals surface area (Å²) in [5.41, 5.74) is 0.614. The molecule has 0 heterocycles. The summed E-state index contributed by atoms with van der Waals surface area (Å²) in [7, 11) is 0. The minimum absolute atomic E-state index is 0.0932. The maximum Gasteiger partial charge on any atom is 0.303 e. The lowest BCUT2D eigenvalue weighted by Crippen LogP contribution is -2.23. The number of carbonyl (C=O) groups is 2. The van der Waals surface area contributed by atoms with Gasteiger partial charge in [0.05, 0.1) is 6.42 Å². The second-order valence-electron chi connectivity index (χ2n) is 8.58. The molecule has 22 heavy (non-hydrogen) atoms. The zero-order valence-electron chi connectivity index (χ0n) is 16.7. The molecule has 0 radical (unpaired) electrons. The van der Waals surface area contributed by atoms with Crippen LogP contribution in [0.5, 0.6) is 0 Å². The Morgan fingerprint density at radius 1 is 0.909 bits per heavy atom. The summed E-state index contributed by atoms with van der Waals surface area (Å²) in [5, 5.41) is 15.5. The summed E-state index contributed by atoms with van der Waals surface area (Å²) in [6.45, 7) is 22.9. The van der Waals surface area contributed by atoms with Gasteiger partial charge in [-0.2, -0.15) is 0 Å². The fourth-order valence-electron chi connectivity index (χ4n) is 1.91. The Hall–Kier alpha value is -1.06. The highest BCUT2D eigenvalue weighted by atomic mass is 16.4. The highest BCUT2D eigenvalue weighted by Crippen LogP contribution is 2.35. The van der Waals surface area contributed by atoms with Crippen LogP contribution in [0, 0.1) is 16.2 Å². The number of carboxylic acid groups (broad SMARTS) is 2. The van der Waals surface area contributed by atoms with E-state index in [4.69, 9.17) is 15.0 Å². The Morgan fingerprint density at radius 3 is 1.27 bits per heavy atom. The minimum Gasteiger partial charge on any atom is -0.483 e. The average Bonchev–Trinajstić information content (AvgIpc) is 2.12. The molecule has 0 aromatic heterocycles. The molecule has 0 amide bonds. The van der Waals surface area contributed by atoms with Crippen LogP contribution < -0.4 is 0 Å². The third-order valence-corrected chi connectivity index (χ3v) is 1.64. The highest BCUT2D eigenvalue weighted by molar-refractivity contribution is 5.67. The van der Waals surface area contributed by atoms with Crippen molar-refractivity contribution in [3.05, 3.63) is 0 Å². The molecular formula is C18H40O4. The SMILES string of the molecule is CC.CC(C)(C)C.CC(C)(C)CC(C)(C)CC(=O)O.O=CO. The van der Waals surface area contributed by atoms with Crippen LogP contribution in [0.2, 0.25) is 0 Å². The molecule has 0 fully saturated rings. The van der Waals surface area contributed by atoms with E-state index in [9.17, 15) is 4.79 Å².